The maximum atomic E-state index is 11.0. The number of nitrogens with zero attached hydrogens (tertiary/aromatic N) is 3. The molecule has 0 bridgehead atoms. The summed E-state index contributed by atoms with van der Waals surface area (Å²) in [5.74, 6) is -0.0509. The van der Waals surface area contributed by atoms with Crippen molar-refractivity contribution in [2.24, 2.45) is 7.05 Å². The van der Waals surface area contributed by atoms with E-state index >= 15 is 0 Å². The van der Waals surface area contributed by atoms with E-state index in [4.69, 9.17) is 5.11 Å². The fourth-order valence-corrected chi connectivity index (χ4v) is 1.11. The second kappa shape index (κ2) is 2.99. The van der Waals surface area contributed by atoms with Crippen molar-refractivity contribution in [3.63, 3.8) is 0 Å². The Morgan fingerprint density at radius 3 is 2.93 bits per heavy atom. The van der Waals surface area contributed by atoms with Gasteiger partial charge in [0.05, 0.1) is 6.07 Å². The lowest BCUT2D eigenvalue weighted by Gasteiger charge is -1.95. The van der Waals surface area contributed by atoms with Crippen LogP contribution in [-0.4, -0.2) is 24.9 Å². The molecular formula is C8H8N4O2. The van der Waals surface area contributed by atoms with E-state index in [1.165, 1.54) is 0 Å². The second-order valence-corrected chi connectivity index (χ2v) is 2.83. The molecule has 0 aromatic carbocycles. The molecule has 0 aliphatic carbocycles. The molecule has 0 radical (unpaired) electrons. The molecular weight excluding hydrogens is 184 g/mol. The van der Waals surface area contributed by atoms with E-state index in [0.717, 1.165) is 6.07 Å². The first-order valence-corrected chi connectivity index (χ1v) is 3.95. The van der Waals surface area contributed by atoms with Crippen LogP contribution in [0.4, 0.5) is 0 Å². The van der Waals surface area contributed by atoms with Crippen LogP contribution in [0.25, 0.3) is 11.5 Å². The van der Waals surface area contributed by atoms with Gasteiger partial charge >= 0.3 is 0 Å². The number of aromatic hydroxyl groups is 1. The molecule has 0 fully saturated rings. The van der Waals surface area contributed by atoms with Crippen molar-refractivity contribution in [1.29, 1.82) is 0 Å². The van der Waals surface area contributed by atoms with Gasteiger partial charge in [-0.3, -0.25) is 9.48 Å². The largest absolute Gasteiger partial charge is 0.493 e. The maximum Gasteiger partial charge on any atom is 0.255 e. The van der Waals surface area contributed by atoms with E-state index in [-0.39, 0.29) is 11.7 Å². The summed E-state index contributed by atoms with van der Waals surface area (Å²) in [6.45, 7) is 0. The number of nitrogens with one attached hydrogen (secondary N) is 1. The standard InChI is InChI=1S/C8H8N4O2/c1-12-3-2-5(11-12)8-9-6(13)4-7(14)10-8/h2-4H,1H3,(H2,9,10,13,14). The Hall–Kier alpha value is -2.11. The zero-order chi connectivity index (χ0) is 10.1. The number of H-pyrrole nitrogens is 1. The van der Waals surface area contributed by atoms with Crippen molar-refractivity contribution < 1.29 is 5.11 Å². The molecule has 0 atom stereocenters. The van der Waals surface area contributed by atoms with E-state index in [2.05, 4.69) is 15.1 Å². The van der Waals surface area contributed by atoms with E-state index in [1.54, 1.807) is 24.0 Å². The average Bonchev–Trinajstić information content (AvgIpc) is 2.50. The van der Waals surface area contributed by atoms with Crippen molar-refractivity contribution in [3.05, 3.63) is 28.7 Å². The first-order chi connectivity index (χ1) is 6.65. The molecule has 14 heavy (non-hydrogen) atoms. The lowest BCUT2D eigenvalue weighted by Crippen LogP contribution is -2.06. The molecule has 2 N–H and O–H groups in total. The second-order valence-electron chi connectivity index (χ2n) is 2.83. The van der Waals surface area contributed by atoms with Gasteiger partial charge in [-0.1, -0.05) is 0 Å². The van der Waals surface area contributed by atoms with Gasteiger partial charge in [-0.05, 0) is 6.07 Å². The van der Waals surface area contributed by atoms with Gasteiger partial charge in [0.25, 0.3) is 5.56 Å². The van der Waals surface area contributed by atoms with Gasteiger partial charge in [-0.15, -0.1) is 0 Å². The minimum Gasteiger partial charge on any atom is -0.493 e. The molecule has 2 rings (SSSR count). The highest BCUT2D eigenvalue weighted by atomic mass is 16.3. The topological polar surface area (TPSA) is 83.8 Å². The maximum absolute atomic E-state index is 11.0. The Morgan fingerprint density at radius 2 is 2.36 bits per heavy atom. The van der Waals surface area contributed by atoms with Crippen LogP contribution in [0.2, 0.25) is 0 Å². The lowest BCUT2D eigenvalue weighted by molar-refractivity contribution is 0.451. The summed E-state index contributed by atoms with van der Waals surface area (Å²) in [6.07, 6.45) is 1.72. The minimum absolute atomic E-state index is 0.260. The third kappa shape index (κ3) is 1.49. The van der Waals surface area contributed by atoms with Crippen LogP contribution in [0.1, 0.15) is 0 Å². The number of hydrogen-bond acceptors (Lipinski definition) is 4. The summed E-state index contributed by atoms with van der Waals surface area (Å²) in [4.78, 5) is 17.2. The van der Waals surface area contributed by atoms with Crippen LogP contribution in [-0.2, 0) is 7.05 Å². The van der Waals surface area contributed by atoms with Crippen molar-refractivity contribution in [3.8, 4) is 17.4 Å². The van der Waals surface area contributed by atoms with Crippen LogP contribution in [0.3, 0.4) is 0 Å². The molecule has 0 aliphatic rings. The highest BCUT2D eigenvalue weighted by Crippen LogP contribution is 2.11. The van der Waals surface area contributed by atoms with Crippen molar-refractivity contribution in [2.75, 3.05) is 0 Å². The summed E-state index contributed by atoms with van der Waals surface area (Å²) in [7, 11) is 1.75. The molecule has 0 spiro atoms. The van der Waals surface area contributed by atoms with E-state index < -0.39 is 5.56 Å². The summed E-state index contributed by atoms with van der Waals surface area (Å²) in [5, 5.41) is 13.1. The predicted octanol–water partition coefficient (Wildman–Crippen LogP) is -0.124. The van der Waals surface area contributed by atoms with Crippen molar-refractivity contribution in [1.82, 2.24) is 19.7 Å². The Morgan fingerprint density at radius 1 is 1.57 bits per heavy atom. The minimum atomic E-state index is -0.404. The molecule has 0 amide bonds. The van der Waals surface area contributed by atoms with Crippen LogP contribution >= 0.6 is 0 Å². The Labute approximate surface area is 78.9 Å². The third-order valence-corrected chi connectivity index (χ3v) is 1.68. The first kappa shape index (κ1) is 8.49. The zero-order valence-electron chi connectivity index (χ0n) is 7.43. The smallest absolute Gasteiger partial charge is 0.255 e. The number of aromatic nitrogens is 4. The Kier molecular flexibility index (Phi) is 1.81. The Balaban J connectivity index is 2.56. The molecule has 6 nitrogen and oxygen atoms in total. The SMILES string of the molecule is Cn1ccc(-c2nc(O)cc(=O)[nH]2)n1. The molecule has 2 aromatic heterocycles. The monoisotopic (exact) mass is 192 g/mol. The van der Waals surface area contributed by atoms with Crippen molar-refractivity contribution >= 4 is 0 Å². The number of hydrogen-bond donors (Lipinski definition) is 2. The quantitative estimate of drug-likeness (QED) is 0.659. The number of aromatic amines is 1. The summed E-state index contributed by atoms with van der Waals surface area (Å²) in [5.41, 5.74) is 0.110. The van der Waals surface area contributed by atoms with Crippen LogP contribution in [0.15, 0.2) is 23.1 Å². The molecule has 0 unspecified atom stereocenters. The number of rotatable bonds is 1. The molecule has 6 heteroatoms. The normalized spacial score (nSPS) is 10.4. The van der Waals surface area contributed by atoms with Gasteiger partial charge in [0.15, 0.2) is 5.82 Å². The first-order valence-electron chi connectivity index (χ1n) is 3.95. The molecule has 0 saturated carbocycles. The molecule has 0 aliphatic heterocycles. The zero-order valence-corrected chi connectivity index (χ0v) is 7.43. The fourth-order valence-electron chi connectivity index (χ4n) is 1.11. The highest BCUT2D eigenvalue weighted by molar-refractivity contribution is 5.48. The lowest BCUT2D eigenvalue weighted by atomic mass is 10.4. The highest BCUT2D eigenvalue weighted by Gasteiger charge is 2.05. The van der Waals surface area contributed by atoms with Gasteiger partial charge in [0.1, 0.15) is 5.69 Å². The van der Waals surface area contributed by atoms with Gasteiger partial charge in [0.2, 0.25) is 5.88 Å². The van der Waals surface area contributed by atoms with E-state index in [0.29, 0.717) is 5.69 Å². The summed E-state index contributed by atoms with van der Waals surface area (Å²) < 4.78 is 1.58. The van der Waals surface area contributed by atoms with Crippen LogP contribution in [0, 0.1) is 0 Å². The Bertz CT molecular complexity index is 514. The van der Waals surface area contributed by atoms with E-state index in [9.17, 15) is 4.79 Å². The van der Waals surface area contributed by atoms with Gasteiger partial charge in [-0.2, -0.15) is 10.1 Å². The van der Waals surface area contributed by atoms with Gasteiger partial charge < -0.3 is 10.1 Å². The third-order valence-electron chi connectivity index (χ3n) is 1.68. The van der Waals surface area contributed by atoms with Gasteiger partial charge in [-0.25, -0.2) is 0 Å². The molecule has 72 valence electrons. The fraction of sp³-hybridized carbons (Fsp3) is 0.125. The van der Waals surface area contributed by atoms with E-state index in [1.807, 2.05) is 0 Å². The molecule has 2 aromatic rings. The van der Waals surface area contributed by atoms with Crippen LogP contribution < -0.4 is 5.56 Å². The summed E-state index contributed by atoms with van der Waals surface area (Å²) in [6, 6.07) is 2.70. The molecule has 0 saturated heterocycles. The predicted molar refractivity (Wildman–Crippen MR) is 48.7 cm³/mol. The molecule has 2 heterocycles. The van der Waals surface area contributed by atoms with Crippen molar-refractivity contribution in [2.45, 2.75) is 0 Å². The van der Waals surface area contributed by atoms with Crippen LogP contribution in [0.5, 0.6) is 5.88 Å². The summed E-state index contributed by atoms with van der Waals surface area (Å²) >= 11 is 0. The average molecular weight is 192 g/mol. The number of aryl methyl sites for hydroxylation is 1. The van der Waals surface area contributed by atoms with Gasteiger partial charge in [0, 0.05) is 13.2 Å².